The summed E-state index contributed by atoms with van der Waals surface area (Å²) in [6, 6.07) is 0. The van der Waals surface area contributed by atoms with Crippen molar-refractivity contribution in [2.75, 3.05) is 46.0 Å². The minimum Gasteiger partial charge on any atom is -0.447 e. The van der Waals surface area contributed by atoms with Crippen molar-refractivity contribution in [2.24, 2.45) is 0 Å². The molecule has 0 bridgehead atoms. The largest absolute Gasteiger partial charge is 0.447 e. The average molecular weight is 324 g/mol. The van der Waals surface area contributed by atoms with E-state index in [4.69, 9.17) is 13.9 Å². The molecular weight excluding hydrogens is 300 g/mol. The Balaban J connectivity index is 1.54. The molecule has 1 atom stereocenters. The van der Waals surface area contributed by atoms with Gasteiger partial charge in [-0.3, -0.25) is 14.7 Å². The summed E-state index contributed by atoms with van der Waals surface area (Å²) in [6.07, 6.45) is 2.75. The Labute approximate surface area is 135 Å². The number of hydrogen-bond donors (Lipinski definition) is 1. The van der Waals surface area contributed by atoms with E-state index in [1.54, 1.807) is 0 Å². The molecule has 2 aliphatic heterocycles. The number of nitrogens with one attached hydrogen (secondary N) is 1. The summed E-state index contributed by atoms with van der Waals surface area (Å²) in [7, 11) is 0. The first-order chi connectivity index (χ1) is 11.3. The molecule has 8 nitrogen and oxygen atoms in total. The van der Waals surface area contributed by atoms with E-state index >= 15 is 0 Å². The van der Waals surface area contributed by atoms with Crippen LogP contribution in [0.4, 0.5) is 0 Å². The lowest BCUT2D eigenvalue weighted by molar-refractivity contribution is 0.0652. The molecule has 1 unspecified atom stereocenters. The number of rotatable bonds is 5. The molecule has 0 radical (unpaired) electrons. The fraction of sp³-hybridized carbons (Fsp3) is 0.733. The van der Waals surface area contributed by atoms with Crippen molar-refractivity contribution >= 4 is 5.91 Å². The standard InChI is InChI=1S/C15H24N4O4/c1-2-22-12-3-5-18(9-12)10-14-17-13(11-23-14)15(20)19-6-8-21-7-4-16-19/h11-12,16H,2-10H2,1H3. The van der Waals surface area contributed by atoms with Crippen molar-refractivity contribution in [3.63, 3.8) is 0 Å². The lowest BCUT2D eigenvalue weighted by atomic mass is 10.3. The van der Waals surface area contributed by atoms with Crippen LogP contribution in [0.5, 0.6) is 0 Å². The first kappa shape index (κ1) is 16.4. The van der Waals surface area contributed by atoms with Crippen LogP contribution < -0.4 is 5.43 Å². The number of carbonyl (C=O) groups is 1. The zero-order chi connectivity index (χ0) is 16.1. The third kappa shape index (κ3) is 4.29. The van der Waals surface area contributed by atoms with E-state index < -0.39 is 0 Å². The molecule has 2 fully saturated rings. The monoisotopic (exact) mass is 324 g/mol. The summed E-state index contributed by atoms with van der Waals surface area (Å²) in [5.41, 5.74) is 3.36. The second kappa shape index (κ2) is 7.87. The third-order valence-electron chi connectivity index (χ3n) is 4.01. The van der Waals surface area contributed by atoms with Crippen LogP contribution in [0.3, 0.4) is 0 Å². The Bertz CT molecular complexity index is 513. The Kier molecular flexibility index (Phi) is 5.60. The van der Waals surface area contributed by atoms with E-state index in [-0.39, 0.29) is 12.0 Å². The number of nitrogens with zero attached hydrogens (tertiary/aromatic N) is 3. The van der Waals surface area contributed by atoms with Gasteiger partial charge < -0.3 is 13.9 Å². The Morgan fingerprint density at radius 1 is 1.48 bits per heavy atom. The number of aromatic nitrogens is 1. The Hall–Kier alpha value is -1.48. The predicted molar refractivity (Wildman–Crippen MR) is 81.7 cm³/mol. The molecule has 23 heavy (non-hydrogen) atoms. The van der Waals surface area contributed by atoms with Crippen LogP contribution in [0.2, 0.25) is 0 Å². The van der Waals surface area contributed by atoms with Gasteiger partial charge in [-0.2, -0.15) is 0 Å². The van der Waals surface area contributed by atoms with Crippen LogP contribution in [0.15, 0.2) is 10.7 Å². The van der Waals surface area contributed by atoms with Crippen molar-refractivity contribution < 1.29 is 18.7 Å². The maximum absolute atomic E-state index is 12.4. The average Bonchev–Trinajstić information content (AvgIpc) is 3.10. The lowest BCUT2D eigenvalue weighted by Crippen LogP contribution is -2.43. The maximum Gasteiger partial charge on any atom is 0.289 e. The molecule has 3 rings (SSSR count). The van der Waals surface area contributed by atoms with Gasteiger partial charge in [0.25, 0.3) is 5.91 Å². The summed E-state index contributed by atoms with van der Waals surface area (Å²) < 4.78 is 16.4. The zero-order valence-electron chi connectivity index (χ0n) is 13.5. The highest BCUT2D eigenvalue weighted by Gasteiger charge is 2.25. The molecule has 1 N–H and O–H groups in total. The summed E-state index contributed by atoms with van der Waals surface area (Å²) in [5, 5.41) is 1.54. The van der Waals surface area contributed by atoms with Gasteiger partial charge in [-0.1, -0.05) is 0 Å². The quantitative estimate of drug-likeness (QED) is 0.832. The van der Waals surface area contributed by atoms with Crippen LogP contribution in [-0.2, 0) is 16.0 Å². The molecule has 128 valence electrons. The molecule has 1 amide bonds. The molecular formula is C15H24N4O4. The molecule has 0 aliphatic carbocycles. The number of amides is 1. The first-order valence-corrected chi connectivity index (χ1v) is 8.17. The van der Waals surface area contributed by atoms with E-state index in [1.807, 2.05) is 6.92 Å². The van der Waals surface area contributed by atoms with Gasteiger partial charge in [-0.15, -0.1) is 0 Å². The van der Waals surface area contributed by atoms with Crippen molar-refractivity contribution in [1.29, 1.82) is 0 Å². The van der Waals surface area contributed by atoms with Gasteiger partial charge in [-0.25, -0.2) is 10.4 Å². The molecule has 0 spiro atoms. The normalized spacial score (nSPS) is 23.2. The van der Waals surface area contributed by atoms with Gasteiger partial charge in [0.2, 0.25) is 5.89 Å². The van der Waals surface area contributed by atoms with Crippen molar-refractivity contribution in [1.82, 2.24) is 20.3 Å². The van der Waals surface area contributed by atoms with E-state index in [1.165, 1.54) is 11.3 Å². The topological polar surface area (TPSA) is 80.1 Å². The second-order valence-corrected chi connectivity index (χ2v) is 5.70. The highest BCUT2D eigenvalue weighted by molar-refractivity contribution is 5.91. The minimum absolute atomic E-state index is 0.181. The zero-order valence-corrected chi connectivity index (χ0v) is 13.5. The summed E-state index contributed by atoms with van der Waals surface area (Å²) in [6.45, 7) is 7.44. The van der Waals surface area contributed by atoms with Gasteiger partial charge in [0.1, 0.15) is 6.26 Å². The van der Waals surface area contributed by atoms with Crippen molar-refractivity contribution in [3.05, 3.63) is 17.8 Å². The van der Waals surface area contributed by atoms with Crippen LogP contribution in [0, 0.1) is 0 Å². The van der Waals surface area contributed by atoms with Crippen LogP contribution in [0.1, 0.15) is 29.7 Å². The van der Waals surface area contributed by atoms with Crippen molar-refractivity contribution in [2.45, 2.75) is 26.0 Å². The van der Waals surface area contributed by atoms with E-state index in [0.29, 0.717) is 44.4 Å². The van der Waals surface area contributed by atoms with Crippen LogP contribution in [-0.4, -0.2) is 72.9 Å². The fourth-order valence-corrected chi connectivity index (χ4v) is 2.89. The smallest absolute Gasteiger partial charge is 0.289 e. The Morgan fingerprint density at radius 2 is 2.39 bits per heavy atom. The predicted octanol–water partition coefficient (Wildman–Crippen LogP) is 0.262. The van der Waals surface area contributed by atoms with Crippen molar-refractivity contribution in [3.8, 4) is 0 Å². The molecule has 8 heteroatoms. The molecule has 2 saturated heterocycles. The lowest BCUT2D eigenvalue weighted by Gasteiger charge is -2.18. The number of hydrogen-bond acceptors (Lipinski definition) is 7. The van der Waals surface area contributed by atoms with Gasteiger partial charge in [0.05, 0.1) is 32.4 Å². The van der Waals surface area contributed by atoms with E-state index in [2.05, 4.69) is 15.3 Å². The highest BCUT2D eigenvalue weighted by atomic mass is 16.5. The molecule has 0 saturated carbocycles. The van der Waals surface area contributed by atoms with E-state index in [0.717, 1.165) is 26.1 Å². The van der Waals surface area contributed by atoms with Gasteiger partial charge in [0, 0.05) is 26.2 Å². The SMILES string of the molecule is CCOC1CCN(Cc2nc(C(=O)N3CCOCCN3)co2)C1. The molecule has 2 aliphatic rings. The van der Waals surface area contributed by atoms with Crippen LogP contribution in [0.25, 0.3) is 0 Å². The minimum atomic E-state index is -0.181. The first-order valence-electron chi connectivity index (χ1n) is 8.17. The summed E-state index contributed by atoms with van der Waals surface area (Å²) >= 11 is 0. The summed E-state index contributed by atoms with van der Waals surface area (Å²) in [4.78, 5) is 19.0. The number of hydrazine groups is 1. The fourth-order valence-electron chi connectivity index (χ4n) is 2.89. The molecule has 1 aromatic heterocycles. The molecule has 1 aromatic rings. The number of oxazole rings is 1. The molecule has 0 aromatic carbocycles. The number of ether oxygens (including phenoxy) is 2. The van der Waals surface area contributed by atoms with Gasteiger partial charge in [0.15, 0.2) is 5.69 Å². The van der Waals surface area contributed by atoms with Crippen LogP contribution >= 0.6 is 0 Å². The van der Waals surface area contributed by atoms with Gasteiger partial charge >= 0.3 is 0 Å². The highest BCUT2D eigenvalue weighted by Crippen LogP contribution is 2.16. The van der Waals surface area contributed by atoms with E-state index in [9.17, 15) is 4.79 Å². The third-order valence-corrected chi connectivity index (χ3v) is 4.01. The number of carbonyl (C=O) groups excluding carboxylic acids is 1. The van der Waals surface area contributed by atoms with Gasteiger partial charge in [-0.05, 0) is 13.3 Å². The number of likely N-dealkylation sites (tertiary alicyclic amines) is 1. The maximum atomic E-state index is 12.4. The Morgan fingerprint density at radius 3 is 3.26 bits per heavy atom. The summed E-state index contributed by atoms with van der Waals surface area (Å²) in [5.74, 6) is 0.385. The molecule has 3 heterocycles. The second-order valence-electron chi connectivity index (χ2n) is 5.70.